The van der Waals surface area contributed by atoms with Gasteiger partial charge in [0.1, 0.15) is 15.4 Å². The van der Waals surface area contributed by atoms with E-state index in [0.29, 0.717) is 4.88 Å². The maximum absolute atomic E-state index is 13.3. The molecule has 0 bridgehead atoms. The lowest BCUT2D eigenvalue weighted by Gasteiger charge is -2.39. The molecule has 0 aliphatic carbocycles. The molecule has 4 aromatic rings. The number of hydroxylamine groups is 3. The fourth-order valence-corrected chi connectivity index (χ4v) is 5.96. The van der Waals surface area contributed by atoms with Crippen molar-refractivity contribution in [1.29, 1.82) is 0 Å². The first-order valence-corrected chi connectivity index (χ1v) is 12.8. The topological polar surface area (TPSA) is 55.7 Å². The summed E-state index contributed by atoms with van der Waals surface area (Å²) in [6, 6.07) is 30.8. The Morgan fingerprint density at radius 2 is 1.19 bits per heavy atom. The summed E-state index contributed by atoms with van der Waals surface area (Å²) < 4.78 is 0.880. The van der Waals surface area contributed by atoms with Gasteiger partial charge in [-0.15, -0.1) is 11.3 Å². The molecule has 1 aromatic heterocycles. The minimum absolute atomic E-state index is 0.172. The second-order valence-electron chi connectivity index (χ2n) is 10.2. The molecular formula is C29H27N4O2S. The van der Waals surface area contributed by atoms with E-state index < -0.39 is 11.1 Å². The van der Waals surface area contributed by atoms with E-state index in [0.717, 1.165) is 43.2 Å². The quantitative estimate of drug-likeness (QED) is 0.192. The van der Waals surface area contributed by atoms with Gasteiger partial charge in [0.15, 0.2) is 5.54 Å². The van der Waals surface area contributed by atoms with Crippen LogP contribution in [0.25, 0.3) is 0 Å². The van der Waals surface area contributed by atoms with Crippen LogP contribution < -0.4 is 9.80 Å². The van der Waals surface area contributed by atoms with E-state index in [9.17, 15) is 10.4 Å². The van der Waals surface area contributed by atoms with E-state index in [4.69, 9.17) is 0 Å². The number of thiophene rings is 1. The normalized spacial score (nSPS) is 17.9. The summed E-state index contributed by atoms with van der Waals surface area (Å²) in [6.07, 6.45) is 0. The van der Waals surface area contributed by atoms with Gasteiger partial charge in [-0.3, -0.25) is 9.64 Å². The van der Waals surface area contributed by atoms with Gasteiger partial charge in [0, 0.05) is 10.9 Å². The highest BCUT2D eigenvalue weighted by atomic mass is 32.1. The maximum atomic E-state index is 13.3. The van der Waals surface area contributed by atoms with E-state index in [-0.39, 0.29) is 5.84 Å². The SMILES string of the molecule is CC1(C)N([O])C(c2ccc(N3c4ccccc4N(c4ccccc4)c4ccccc43)s2)=[N+]([O-])C1(C)C. The number of amidine groups is 1. The molecule has 0 N–H and O–H groups in total. The highest BCUT2D eigenvalue weighted by Crippen LogP contribution is 2.55. The van der Waals surface area contributed by atoms with E-state index in [1.54, 1.807) is 0 Å². The Labute approximate surface area is 215 Å². The van der Waals surface area contributed by atoms with E-state index in [1.807, 2.05) is 82.3 Å². The molecule has 0 spiro atoms. The molecule has 1 radical (unpaired) electrons. The lowest BCUT2D eigenvalue weighted by Crippen LogP contribution is -2.53. The van der Waals surface area contributed by atoms with Crippen LogP contribution in [0, 0.1) is 5.21 Å². The van der Waals surface area contributed by atoms with Crippen molar-refractivity contribution in [3.63, 3.8) is 0 Å². The third-order valence-electron chi connectivity index (χ3n) is 7.67. The number of para-hydroxylation sites is 5. The number of benzene rings is 3. The molecular weight excluding hydrogens is 468 g/mol. The number of rotatable bonds is 3. The summed E-state index contributed by atoms with van der Waals surface area (Å²) in [7, 11) is 0. The van der Waals surface area contributed by atoms with Crippen LogP contribution in [-0.2, 0) is 5.21 Å². The summed E-state index contributed by atoms with van der Waals surface area (Å²) >= 11 is 1.46. The van der Waals surface area contributed by atoms with Gasteiger partial charge in [-0.05, 0) is 76.2 Å². The molecule has 6 rings (SSSR count). The van der Waals surface area contributed by atoms with Crippen molar-refractivity contribution >= 4 is 50.6 Å². The van der Waals surface area contributed by atoms with Gasteiger partial charge in [0.05, 0.1) is 22.7 Å². The highest BCUT2D eigenvalue weighted by molar-refractivity contribution is 7.18. The van der Waals surface area contributed by atoms with Crippen LogP contribution in [0.15, 0.2) is 91.0 Å². The second kappa shape index (κ2) is 7.85. The molecule has 181 valence electrons. The summed E-state index contributed by atoms with van der Waals surface area (Å²) in [4.78, 5) is 5.15. The van der Waals surface area contributed by atoms with Gasteiger partial charge in [-0.1, -0.05) is 47.5 Å². The minimum atomic E-state index is -0.852. The summed E-state index contributed by atoms with van der Waals surface area (Å²) in [5, 5.41) is 28.3. The van der Waals surface area contributed by atoms with Gasteiger partial charge >= 0.3 is 5.84 Å². The Kier molecular flexibility index (Phi) is 4.94. The molecule has 3 aromatic carbocycles. The van der Waals surface area contributed by atoms with Crippen molar-refractivity contribution in [3.05, 3.63) is 101 Å². The fourth-order valence-electron chi connectivity index (χ4n) is 4.91. The molecule has 0 unspecified atom stereocenters. The van der Waals surface area contributed by atoms with Crippen LogP contribution in [0.2, 0.25) is 0 Å². The lowest BCUT2D eigenvalue weighted by molar-refractivity contribution is -0.539. The first-order chi connectivity index (χ1) is 17.2. The Balaban J connectivity index is 1.51. The first-order valence-electron chi connectivity index (χ1n) is 12.0. The molecule has 0 amide bonds. The number of fused-ring (bicyclic) bond motifs is 2. The lowest BCUT2D eigenvalue weighted by atomic mass is 9.84. The molecule has 0 atom stereocenters. The zero-order valence-corrected chi connectivity index (χ0v) is 21.5. The summed E-state index contributed by atoms with van der Waals surface area (Å²) in [6.45, 7) is 7.28. The van der Waals surface area contributed by atoms with Crippen molar-refractivity contribution < 1.29 is 9.95 Å². The Bertz CT molecular complexity index is 1440. The smallest absolute Gasteiger partial charge is 0.326 e. The summed E-state index contributed by atoms with van der Waals surface area (Å²) in [5.41, 5.74) is 3.56. The van der Waals surface area contributed by atoms with Crippen LogP contribution in [0.5, 0.6) is 0 Å². The number of hydrogen-bond acceptors (Lipinski definition) is 5. The fraction of sp³-hybridized carbons (Fsp3) is 0.207. The first kappa shape index (κ1) is 22.6. The highest BCUT2D eigenvalue weighted by Gasteiger charge is 2.60. The third kappa shape index (κ3) is 3.03. The number of hydrogen-bond donors (Lipinski definition) is 0. The molecule has 0 saturated carbocycles. The Morgan fingerprint density at radius 3 is 1.69 bits per heavy atom. The standard InChI is InChI=1S/C29H27N4O2S/c1-28(2)29(3,4)33(35)27(32(28)34)25-18-19-26(36-25)31-23-16-10-8-14-21(23)30(20-12-6-5-7-13-20)22-15-9-11-17-24(22)31/h5-19H,1-4H3. The van der Waals surface area contributed by atoms with E-state index in [2.05, 4.69) is 46.2 Å². The van der Waals surface area contributed by atoms with Crippen molar-refractivity contribution in [1.82, 2.24) is 5.06 Å². The van der Waals surface area contributed by atoms with Crippen molar-refractivity contribution in [2.75, 3.05) is 9.80 Å². The Morgan fingerprint density at radius 1 is 0.694 bits per heavy atom. The third-order valence-corrected chi connectivity index (χ3v) is 8.74. The predicted octanol–water partition coefficient (Wildman–Crippen LogP) is 7.48. The molecule has 3 heterocycles. The zero-order valence-electron chi connectivity index (χ0n) is 20.7. The maximum Gasteiger partial charge on any atom is 0.326 e. The molecule has 2 aliphatic heterocycles. The largest absolute Gasteiger partial charge is 0.714 e. The zero-order chi connectivity index (χ0) is 25.2. The average Bonchev–Trinajstić information content (AvgIpc) is 3.40. The second-order valence-corrected chi connectivity index (χ2v) is 11.2. The van der Waals surface area contributed by atoms with Gasteiger partial charge in [0.2, 0.25) is 0 Å². The monoisotopic (exact) mass is 495 g/mol. The van der Waals surface area contributed by atoms with Crippen LogP contribution in [-0.4, -0.2) is 26.7 Å². The van der Waals surface area contributed by atoms with Crippen molar-refractivity contribution in [2.24, 2.45) is 0 Å². The average molecular weight is 496 g/mol. The van der Waals surface area contributed by atoms with Gasteiger partial charge in [0.25, 0.3) is 0 Å². The molecule has 36 heavy (non-hydrogen) atoms. The predicted molar refractivity (Wildman–Crippen MR) is 146 cm³/mol. The molecule has 2 aliphatic rings. The minimum Gasteiger partial charge on any atom is -0.714 e. The van der Waals surface area contributed by atoms with Crippen LogP contribution in [0.1, 0.15) is 32.6 Å². The van der Waals surface area contributed by atoms with E-state index >= 15 is 0 Å². The number of nitrogens with zero attached hydrogens (tertiary/aromatic N) is 4. The molecule has 0 fully saturated rings. The molecule has 6 nitrogen and oxygen atoms in total. The van der Waals surface area contributed by atoms with Crippen molar-refractivity contribution in [3.8, 4) is 0 Å². The Hall–Kier alpha value is -3.81. The summed E-state index contributed by atoms with van der Waals surface area (Å²) in [5.74, 6) is 0.172. The van der Waals surface area contributed by atoms with Gasteiger partial charge in [-0.25, -0.2) is 0 Å². The number of anilines is 6. The van der Waals surface area contributed by atoms with Crippen LogP contribution in [0.3, 0.4) is 0 Å². The van der Waals surface area contributed by atoms with Gasteiger partial charge in [-0.2, -0.15) is 0 Å². The van der Waals surface area contributed by atoms with E-state index in [1.165, 1.54) is 11.3 Å². The van der Waals surface area contributed by atoms with Crippen LogP contribution in [0.4, 0.5) is 33.4 Å². The van der Waals surface area contributed by atoms with Gasteiger partial charge < -0.3 is 10.1 Å². The molecule has 7 heteroatoms. The van der Waals surface area contributed by atoms with Crippen molar-refractivity contribution in [2.45, 2.75) is 38.8 Å². The molecule has 0 saturated heterocycles. The van der Waals surface area contributed by atoms with Crippen LogP contribution >= 0.6 is 11.3 Å².